The van der Waals surface area contributed by atoms with Crippen LogP contribution in [-0.4, -0.2) is 39.2 Å². The summed E-state index contributed by atoms with van der Waals surface area (Å²) >= 11 is 5.89. The van der Waals surface area contributed by atoms with Gasteiger partial charge in [-0.15, -0.1) is 0 Å². The number of carboxylic acid groups (broad SMARTS) is 1. The van der Waals surface area contributed by atoms with Crippen molar-refractivity contribution in [2.45, 2.75) is 25.7 Å². The molecule has 0 radical (unpaired) electrons. The molecule has 1 amide bonds. The van der Waals surface area contributed by atoms with Gasteiger partial charge in [-0.25, -0.2) is 14.8 Å². The molecule has 1 aromatic rings. The predicted molar refractivity (Wildman–Crippen MR) is 63.4 cm³/mol. The normalized spacial score (nSPS) is 20.4. The van der Waals surface area contributed by atoms with E-state index < -0.39 is 6.09 Å². The van der Waals surface area contributed by atoms with Gasteiger partial charge in [0.1, 0.15) is 11.0 Å². The zero-order valence-electron chi connectivity index (χ0n) is 9.56. The molecule has 1 unspecified atom stereocenters. The Morgan fingerprint density at radius 2 is 2.35 bits per heavy atom. The predicted octanol–water partition coefficient (Wildman–Crippen LogP) is 2.30. The molecule has 1 atom stereocenters. The summed E-state index contributed by atoms with van der Waals surface area (Å²) in [4.78, 5) is 20.7. The second-order valence-electron chi connectivity index (χ2n) is 4.23. The molecule has 17 heavy (non-hydrogen) atoms. The van der Waals surface area contributed by atoms with Crippen LogP contribution in [0.3, 0.4) is 0 Å². The van der Waals surface area contributed by atoms with Crippen molar-refractivity contribution in [1.82, 2.24) is 14.9 Å². The van der Waals surface area contributed by atoms with Crippen molar-refractivity contribution in [3.05, 3.63) is 22.7 Å². The Kier molecular flexibility index (Phi) is 3.47. The molecule has 1 aliphatic heterocycles. The Labute approximate surface area is 104 Å². The van der Waals surface area contributed by atoms with Crippen LogP contribution in [0.15, 0.2) is 6.07 Å². The van der Waals surface area contributed by atoms with E-state index in [1.807, 2.05) is 0 Å². The number of amides is 1. The second-order valence-corrected chi connectivity index (χ2v) is 4.62. The van der Waals surface area contributed by atoms with Gasteiger partial charge in [0.15, 0.2) is 0 Å². The van der Waals surface area contributed by atoms with Crippen LogP contribution in [0.4, 0.5) is 4.79 Å². The van der Waals surface area contributed by atoms with E-state index in [0.29, 0.717) is 24.1 Å². The Bertz CT molecular complexity index is 418. The molecule has 2 heterocycles. The van der Waals surface area contributed by atoms with Gasteiger partial charge < -0.3 is 10.0 Å². The number of piperidine rings is 1. The van der Waals surface area contributed by atoms with Gasteiger partial charge in [-0.1, -0.05) is 11.6 Å². The zero-order valence-corrected chi connectivity index (χ0v) is 10.3. The first kappa shape index (κ1) is 12.1. The largest absolute Gasteiger partial charge is 0.465 e. The highest BCUT2D eigenvalue weighted by Crippen LogP contribution is 2.26. The van der Waals surface area contributed by atoms with Gasteiger partial charge in [-0.2, -0.15) is 0 Å². The number of carbonyl (C=O) groups is 1. The maximum atomic E-state index is 10.9. The highest BCUT2D eigenvalue weighted by molar-refractivity contribution is 6.29. The van der Waals surface area contributed by atoms with Crippen molar-refractivity contribution >= 4 is 17.7 Å². The highest BCUT2D eigenvalue weighted by Gasteiger charge is 2.25. The molecular formula is C11H14ClN3O2. The highest BCUT2D eigenvalue weighted by atomic mass is 35.5. The molecule has 6 heteroatoms. The van der Waals surface area contributed by atoms with Gasteiger partial charge in [0.05, 0.1) is 5.69 Å². The minimum atomic E-state index is -0.869. The van der Waals surface area contributed by atoms with E-state index in [4.69, 9.17) is 16.7 Å². The number of halogens is 1. The molecule has 92 valence electrons. The molecule has 1 fully saturated rings. The SMILES string of the molecule is Cc1nc(Cl)cc(C2CCCN(C(=O)O)C2)n1. The van der Waals surface area contributed by atoms with Gasteiger partial charge in [0, 0.05) is 19.0 Å². The molecule has 1 saturated heterocycles. The number of aromatic nitrogens is 2. The van der Waals surface area contributed by atoms with Crippen LogP contribution in [0.2, 0.25) is 5.15 Å². The van der Waals surface area contributed by atoms with Crippen molar-refractivity contribution in [3.8, 4) is 0 Å². The molecule has 1 aliphatic rings. The quantitative estimate of drug-likeness (QED) is 0.782. The first-order chi connectivity index (χ1) is 8.06. The van der Waals surface area contributed by atoms with E-state index in [1.54, 1.807) is 13.0 Å². The fourth-order valence-electron chi connectivity index (χ4n) is 2.15. The Balaban J connectivity index is 2.18. The van der Waals surface area contributed by atoms with Crippen LogP contribution >= 0.6 is 11.6 Å². The summed E-state index contributed by atoms with van der Waals surface area (Å²) in [6, 6.07) is 1.73. The first-order valence-electron chi connectivity index (χ1n) is 5.55. The summed E-state index contributed by atoms with van der Waals surface area (Å²) in [5.74, 6) is 0.749. The molecule has 0 aromatic carbocycles. The van der Waals surface area contributed by atoms with Crippen molar-refractivity contribution < 1.29 is 9.90 Å². The van der Waals surface area contributed by atoms with E-state index >= 15 is 0 Å². The Hall–Kier alpha value is -1.36. The van der Waals surface area contributed by atoms with Crippen LogP contribution in [0.5, 0.6) is 0 Å². The van der Waals surface area contributed by atoms with Gasteiger partial charge in [-0.05, 0) is 25.8 Å². The van der Waals surface area contributed by atoms with Crippen molar-refractivity contribution in [2.75, 3.05) is 13.1 Å². The topological polar surface area (TPSA) is 66.3 Å². The number of hydrogen-bond acceptors (Lipinski definition) is 3. The maximum Gasteiger partial charge on any atom is 0.407 e. The first-order valence-corrected chi connectivity index (χ1v) is 5.93. The van der Waals surface area contributed by atoms with Crippen molar-refractivity contribution in [1.29, 1.82) is 0 Å². The summed E-state index contributed by atoms with van der Waals surface area (Å²) in [6.45, 7) is 2.87. The minimum absolute atomic E-state index is 0.124. The molecular weight excluding hydrogens is 242 g/mol. The van der Waals surface area contributed by atoms with Crippen LogP contribution < -0.4 is 0 Å². The lowest BCUT2D eigenvalue weighted by molar-refractivity contribution is 0.130. The number of nitrogens with zero attached hydrogens (tertiary/aromatic N) is 3. The third kappa shape index (κ3) is 2.85. The Morgan fingerprint density at radius 3 is 3.00 bits per heavy atom. The monoisotopic (exact) mass is 255 g/mol. The third-order valence-corrected chi connectivity index (χ3v) is 3.13. The summed E-state index contributed by atoms with van der Waals surface area (Å²) in [7, 11) is 0. The molecule has 0 saturated carbocycles. The van der Waals surface area contributed by atoms with Crippen LogP contribution in [0.25, 0.3) is 0 Å². The summed E-state index contributed by atoms with van der Waals surface area (Å²) in [5, 5.41) is 9.40. The average molecular weight is 256 g/mol. The van der Waals surface area contributed by atoms with Gasteiger partial charge in [-0.3, -0.25) is 0 Å². The van der Waals surface area contributed by atoms with Gasteiger partial charge >= 0.3 is 6.09 Å². The van der Waals surface area contributed by atoms with E-state index in [1.165, 1.54) is 4.90 Å². The number of likely N-dealkylation sites (tertiary alicyclic amines) is 1. The lowest BCUT2D eigenvalue weighted by atomic mass is 9.95. The zero-order chi connectivity index (χ0) is 12.4. The number of rotatable bonds is 1. The molecule has 1 aromatic heterocycles. The number of aryl methyl sites for hydroxylation is 1. The Morgan fingerprint density at radius 1 is 1.59 bits per heavy atom. The van der Waals surface area contributed by atoms with E-state index in [0.717, 1.165) is 18.5 Å². The van der Waals surface area contributed by atoms with Gasteiger partial charge in [0.2, 0.25) is 0 Å². The van der Waals surface area contributed by atoms with Gasteiger partial charge in [0.25, 0.3) is 0 Å². The van der Waals surface area contributed by atoms with E-state index in [9.17, 15) is 4.79 Å². The fraction of sp³-hybridized carbons (Fsp3) is 0.545. The number of hydrogen-bond donors (Lipinski definition) is 1. The third-order valence-electron chi connectivity index (χ3n) is 2.94. The fourth-order valence-corrected chi connectivity index (χ4v) is 2.39. The lowest BCUT2D eigenvalue weighted by Gasteiger charge is -2.30. The standard InChI is InChI=1S/C11H14ClN3O2/c1-7-13-9(5-10(12)14-7)8-3-2-4-15(6-8)11(16)17/h5,8H,2-4,6H2,1H3,(H,16,17). The van der Waals surface area contributed by atoms with Crippen LogP contribution in [-0.2, 0) is 0 Å². The summed E-state index contributed by atoms with van der Waals surface area (Å²) in [6.07, 6.45) is 0.931. The molecule has 5 nitrogen and oxygen atoms in total. The van der Waals surface area contributed by atoms with E-state index in [-0.39, 0.29) is 5.92 Å². The minimum Gasteiger partial charge on any atom is -0.465 e. The molecule has 2 rings (SSSR count). The van der Waals surface area contributed by atoms with Crippen molar-refractivity contribution in [2.24, 2.45) is 0 Å². The van der Waals surface area contributed by atoms with Crippen molar-refractivity contribution in [3.63, 3.8) is 0 Å². The molecule has 0 bridgehead atoms. The smallest absolute Gasteiger partial charge is 0.407 e. The summed E-state index contributed by atoms with van der Waals surface area (Å²) < 4.78 is 0. The van der Waals surface area contributed by atoms with Crippen LogP contribution in [0.1, 0.15) is 30.3 Å². The maximum absolute atomic E-state index is 10.9. The molecule has 0 spiro atoms. The van der Waals surface area contributed by atoms with Crippen LogP contribution in [0, 0.1) is 6.92 Å². The second kappa shape index (κ2) is 4.87. The lowest BCUT2D eigenvalue weighted by Crippen LogP contribution is -2.38. The average Bonchev–Trinajstić information content (AvgIpc) is 2.28. The molecule has 1 N–H and O–H groups in total. The van der Waals surface area contributed by atoms with E-state index in [2.05, 4.69) is 9.97 Å². The molecule has 0 aliphatic carbocycles. The summed E-state index contributed by atoms with van der Waals surface area (Å²) in [5.41, 5.74) is 0.841.